The summed E-state index contributed by atoms with van der Waals surface area (Å²) in [4.78, 5) is 11.3. The first-order chi connectivity index (χ1) is 6.18. The van der Waals surface area contributed by atoms with Crippen molar-refractivity contribution >= 4 is 5.78 Å². The zero-order valence-corrected chi connectivity index (χ0v) is 7.51. The van der Waals surface area contributed by atoms with Gasteiger partial charge in [0, 0.05) is 12.3 Å². The van der Waals surface area contributed by atoms with Crippen molar-refractivity contribution in [3.05, 3.63) is 35.1 Å². The van der Waals surface area contributed by atoms with Crippen molar-refractivity contribution in [3.8, 4) is 0 Å². The maximum atomic E-state index is 12.9. The van der Waals surface area contributed by atoms with Crippen molar-refractivity contribution in [2.24, 2.45) is 0 Å². The fourth-order valence-electron chi connectivity index (χ4n) is 1.84. The number of hydrogen-bond acceptors (Lipinski definition) is 1. The van der Waals surface area contributed by atoms with Crippen LogP contribution < -0.4 is 0 Å². The summed E-state index contributed by atoms with van der Waals surface area (Å²) >= 11 is 0. The molecule has 1 aromatic rings. The lowest BCUT2D eigenvalue weighted by molar-refractivity contribution is -0.120. The van der Waals surface area contributed by atoms with Gasteiger partial charge < -0.3 is 0 Å². The monoisotopic (exact) mass is 178 g/mol. The third-order valence-electron chi connectivity index (χ3n) is 2.70. The molecular weight excluding hydrogens is 167 g/mol. The highest BCUT2D eigenvalue weighted by Gasteiger charge is 2.23. The minimum Gasteiger partial charge on any atom is -0.299 e. The molecule has 0 N–H and O–H groups in total. The highest BCUT2D eigenvalue weighted by atomic mass is 19.1. The largest absolute Gasteiger partial charge is 0.299 e. The lowest BCUT2D eigenvalue weighted by Crippen LogP contribution is -2.17. The molecule has 0 amide bonds. The maximum Gasteiger partial charge on any atom is 0.140 e. The van der Waals surface area contributed by atoms with Crippen LogP contribution >= 0.6 is 0 Å². The van der Waals surface area contributed by atoms with Gasteiger partial charge in [-0.25, -0.2) is 4.39 Å². The minimum absolute atomic E-state index is 0.126. The normalized spacial score (nSPS) is 21.4. The molecule has 13 heavy (non-hydrogen) atoms. The summed E-state index contributed by atoms with van der Waals surface area (Å²) in [6.45, 7) is 1.85. The van der Waals surface area contributed by atoms with Crippen LogP contribution in [0.1, 0.15) is 30.4 Å². The van der Waals surface area contributed by atoms with Crippen molar-refractivity contribution in [1.82, 2.24) is 0 Å². The fourth-order valence-corrected chi connectivity index (χ4v) is 1.84. The van der Waals surface area contributed by atoms with E-state index in [1.54, 1.807) is 6.07 Å². The van der Waals surface area contributed by atoms with E-state index >= 15 is 0 Å². The number of hydrogen-bond donors (Lipinski definition) is 0. The predicted molar refractivity (Wildman–Crippen MR) is 48.1 cm³/mol. The van der Waals surface area contributed by atoms with E-state index < -0.39 is 0 Å². The second-order valence-electron chi connectivity index (χ2n) is 3.53. The highest BCUT2D eigenvalue weighted by Crippen LogP contribution is 2.28. The first-order valence-electron chi connectivity index (χ1n) is 4.49. The first kappa shape index (κ1) is 8.42. The van der Waals surface area contributed by atoms with Crippen LogP contribution in [0.25, 0.3) is 0 Å². The number of benzene rings is 1. The number of fused-ring (bicyclic) bond motifs is 1. The maximum absolute atomic E-state index is 12.9. The zero-order chi connectivity index (χ0) is 9.42. The van der Waals surface area contributed by atoms with E-state index in [2.05, 4.69) is 0 Å². The van der Waals surface area contributed by atoms with Crippen LogP contribution in [0.4, 0.5) is 4.39 Å². The molecule has 0 saturated carbocycles. The van der Waals surface area contributed by atoms with Crippen LogP contribution in [-0.4, -0.2) is 5.78 Å². The van der Waals surface area contributed by atoms with Gasteiger partial charge in [0.05, 0.1) is 0 Å². The Labute approximate surface area is 76.6 Å². The van der Waals surface area contributed by atoms with Gasteiger partial charge in [0.25, 0.3) is 0 Å². The SMILES string of the molecule is CC1C(=O)CCc2ccc(F)cc21. The van der Waals surface area contributed by atoms with Crippen molar-refractivity contribution in [2.75, 3.05) is 0 Å². The van der Waals surface area contributed by atoms with Crippen LogP contribution in [0.5, 0.6) is 0 Å². The second-order valence-corrected chi connectivity index (χ2v) is 3.53. The standard InChI is InChI=1S/C11H11FO/c1-7-10-6-9(12)4-2-8(10)3-5-11(7)13/h2,4,6-7H,3,5H2,1H3. The first-order valence-corrected chi connectivity index (χ1v) is 4.49. The fraction of sp³-hybridized carbons (Fsp3) is 0.364. The third kappa shape index (κ3) is 1.37. The van der Waals surface area contributed by atoms with E-state index in [9.17, 15) is 9.18 Å². The van der Waals surface area contributed by atoms with Crippen molar-refractivity contribution in [3.63, 3.8) is 0 Å². The van der Waals surface area contributed by atoms with Crippen molar-refractivity contribution in [2.45, 2.75) is 25.7 Å². The third-order valence-corrected chi connectivity index (χ3v) is 2.70. The van der Waals surface area contributed by atoms with Crippen molar-refractivity contribution in [1.29, 1.82) is 0 Å². The summed E-state index contributed by atoms with van der Waals surface area (Å²) in [5.74, 6) is -0.155. The van der Waals surface area contributed by atoms with E-state index in [0.29, 0.717) is 6.42 Å². The number of Topliss-reactive ketones (excluding diaryl/α,β-unsaturated/α-hetero) is 1. The van der Waals surface area contributed by atoms with Crippen molar-refractivity contribution < 1.29 is 9.18 Å². The molecule has 0 radical (unpaired) electrons. The molecule has 2 rings (SSSR count). The van der Waals surface area contributed by atoms with Gasteiger partial charge in [0.2, 0.25) is 0 Å². The molecule has 0 aliphatic heterocycles. The number of rotatable bonds is 0. The molecule has 1 nitrogen and oxygen atoms in total. The molecule has 2 heteroatoms. The number of ketones is 1. The molecule has 0 bridgehead atoms. The van der Waals surface area contributed by atoms with E-state index in [0.717, 1.165) is 17.5 Å². The van der Waals surface area contributed by atoms with Gasteiger partial charge in [0.1, 0.15) is 11.6 Å². The Morgan fingerprint density at radius 3 is 2.92 bits per heavy atom. The molecule has 1 aliphatic rings. The molecule has 1 aromatic carbocycles. The molecule has 1 atom stereocenters. The average Bonchev–Trinajstić information content (AvgIpc) is 2.12. The van der Waals surface area contributed by atoms with Gasteiger partial charge in [-0.05, 0) is 29.7 Å². The van der Waals surface area contributed by atoms with Gasteiger partial charge in [-0.1, -0.05) is 13.0 Å². The van der Waals surface area contributed by atoms with E-state index in [1.807, 2.05) is 6.92 Å². The quantitative estimate of drug-likeness (QED) is 0.596. The molecule has 0 spiro atoms. The number of halogens is 1. The van der Waals surface area contributed by atoms with Crippen LogP contribution in [0.2, 0.25) is 0 Å². The van der Waals surface area contributed by atoms with Gasteiger partial charge in [0.15, 0.2) is 0 Å². The molecule has 0 aromatic heterocycles. The summed E-state index contributed by atoms with van der Waals surface area (Å²) in [5, 5.41) is 0. The predicted octanol–water partition coefficient (Wildman–Crippen LogP) is 2.44. The van der Waals surface area contributed by atoms with Crippen LogP contribution in [0.3, 0.4) is 0 Å². The molecule has 0 saturated heterocycles. The van der Waals surface area contributed by atoms with E-state index in [-0.39, 0.29) is 17.5 Å². The smallest absolute Gasteiger partial charge is 0.140 e. The average molecular weight is 178 g/mol. The Balaban J connectivity index is 2.51. The molecule has 0 heterocycles. The molecule has 1 aliphatic carbocycles. The Bertz CT molecular complexity index is 357. The molecule has 0 fully saturated rings. The summed E-state index contributed by atoms with van der Waals surface area (Å²) in [7, 11) is 0. The Kier molecular flexibility index (Phi) is 1.91. The molecule has 68 valence electrons. The number of aryl methyl sites for hydroxylation is 1. The van der Waals surface area contributed by atoms with E-state index in [4.69, 9.17) is 0 Å². The van der Waals surface area contributed by atoms with Gasteiger partial charge in [-0.2, -0.15) is 0 Å². The van der Waals surface area contributed by atoms with Gasteiger partial charge in [-0.3, -0.25) is 4.79 Å². The topological polar surface area (TPSA) is 17.1 Å². The minimum atomic E-state index is -0.250. The Morgan fingerprint density at radius 1 is 1.38 bits per heavy atom. The second kappa shape index (κ2) is 2.95. The van der Waals surface area contributed by atoms with Gasteiger partial charge in [-0.15, -0.1) is 0 Å². The zero-order valence-electron chi connectivity index (χ0n) is 7.51. The Hall–Kier alpha value is -1.18. The Morgan fingerprint density at radius 2 is 2.15 bits per heavy atom. The summed E-state index contributed by atoms with van der Waals surface area (Å²) in [6.07, 6.45) is 1.36. The number of carbonyl (C=O) groups is 1. The van der Waals surface area contributed by atoms with E-state index in [1.165, 1.54) is 12.1 Å². The summed E-state index contributed by atoms with van der Waals surface area (Å²) < 4.78 is 12.9. The van der Waals surface area contributed by atoms with Crippen LogP contribution in [0, 0.1) is 5.82 Å². The summed E-state index contributed by atoms with van der Waals surface area (Å²) in [5.41, 5.74) is 1.99. The lowest BCUT2D eigenvalue weighted by atomic mass is 9.83. The molecule has 1 unspecified atom stereocenters. The highest BCUT2D eigenvalue weighted by molar-refractivity contribution is 5.87. The lowest BCUT2D eigenvalue weighted by Gasteiger charge is -2.20. The van der Waals surface area contributed by atoms with Crippen LogP contribution in [0.15, 0.2) is 18.2 Å². The summed E-state index contributed by atoms with van der Waals surface area (Å²) in [6, 6.07) is 4.73. The van der Waals surface area contributed by atoms with Crippen LogP contribution in [-0.2, 0) is 11.2 Å². The number of carbonyl (C=O) groups excluding carboxylic acids is 1. The van der Waals surface area contributed by atoms with Gasteiger partial charge >= 0.3 is 0 Å². The molecular formula is C11H11FO.